The summed E-state index contributed by atoms with van der Waals surface area (Å²) < 4.78 is 5.62. The van der Waals surface area contributed by atoms with E-state index < -0.39 is 0 Å². The molecule has 2 aromatic carbocycles. The Morgan fingerprint density at radius 3 is 2.54 bits per heavy atom. The SMILES string of the molecule is Cc1ccc(Cl)cc1NC(=O)[C@@H](C)SCCOc1ccc(Cl)cc1. The first-order chi connectivity index (χ1) is 11.5. The van der Waals surface area contributed by atoms with Gasteiger partial charge in [-0.1, -0.05) is 29.3 Å². The van der Waals surface area contributed by atoms with E-state index >= 15 is 0 Å². The van der Waals surface area contributed by atoms with Crippen LogP contribution in [0.3, 0.4) is 0 Å². The fourth-order valence-corrected chi connectivity index (χ4v) is 3.00. The number of halogens is 2. The minimum atomic E-state index is -0.183. The first-order valence-electron chi connectivity index (χ1n) is 7.52. The summed E-state index contributed by atoms with van der Waals surface area (Å²) in [6.45, 7) is 4.34. The van der Waals surface area contributed by atoms with Crippen molar-refractivity contribution in [3.05, 3.63) is 58.1 Å². The van der Waals surface area contributed by atoms with Gasteiger partial charge in [0, 0.05) is 21.5 Å². The number of amides is 1. The molecule has 0 fully saturated rings. The maximum atomic E-state index is 12.2. The molecular formula is C18H19Cl2NO2S. The van der Waals surface area contributed by atoms with Crippen molar-refractivity contribution in [3.8, 4) is 5.75 Å². The van der Waals surface area contributed by atoms with E-state index in [2.05, 4.69) is 5.32 Å². The molecule has 0 aliphatic rings. The first-order valence-corrected chi connectivity index (χ1v) is 9.33. The van der Waals surface area contributed by atoms with Crippen LogP contribution < -0.4 is 10.1 Å². The second-order valence-corrected chi connectivity index (χ2v) is 7.59. The molecule has 0 bridgehead atoms. The molecule has 3 nitrogen and oxygen atoms in total. The summed E-state index contributed by atoms with van der Waals surface area (Å²) in [7, 11) is 0. The highest BCUT2D eigenvalue weighted by Gasteiger charge is 2.14. The molecule has 2 rings (SSSR count). The summed E-state index contributed by atoms with van der Waals surface area (Å²) >= 11 is 13.3. The maximum absolute atomic E-state index is 12.2. The van der Waals surface area contributed by atoms with E-state index in [0.29, 0.717) is 22.4 Å². The summed E-state index contributed by atoms with van der Waals surface area (Å²) in [6.07, 6.45) is 0. The van der Waals surface area contributed by atoms with Gasteiger partial charge >= 0.3 is 0 Å². The second-order valence-electron chi connectivity index (χ2n) is 5.26. The van der Waals surface area contributed by atoms with Crippen molar-refractivity contribution in [2.45, 2.75) is 19.1 Å². The third kappa shape index (κ3) is 5.93. The van der Waals surface area contributed by atoms with Gasteiger partial charge in [-0.2, -0.15) is 0 Å². The fourth-order valence-electron chi connectivity index (χ4n) is 1.95. The summed E-state index contributed by atoms with van der Waals surface area (Å²) in [5.41, 5.74) is 1.73. The van der Waals surface area contributed by atoms with E-state index in [1.165, 1.54) is 0 Å². The second kappa shape index (κ2) is 9.21. The molecule has 0 heterocycles. The molecule has 6 heteroatoms. The molecule has 0 saturated heterocycles. The highest BCUT2D eigenvalue weighted by molar-refractivity contribution is 8.00. The van der Waals surface area contributed by atoms with Crippen LogP contribution in [0, 0.1) is 6.92 Å². The smallest absolute Gasteiger partial charge is 0.237 e. The van der Waals surface area contributed by atoms with E-state index in [1.54, 1.807) is 36.0 Å². The fraction of sp³-hybridized carbons (Fsp3) is 0.278. The molecule has 0 saturated carbocycles. The molecular weight excluding hydrogens is 365 g/mol. The number of ether oxygens (including phenoxy) is 1. The lowest BCUT2D eigenvalue weighted by Gasteiger charge is -2.14. The number of aryl methyl sites for hydroxylation is 1. The minimum absolute atomic E-state index is 0.0446. The van der Waals surface area contributed by atoms with E-state index in [0.717, 1.165) is 17.0 Å². The monoisotopic (exact) mass is 383 g/mol. The summed E-state index contributed by atoms with van der Waals surface area (Å²) in [5, 5.41) is 4.02. The number of nitrogens with one attached hydrogen (secondary N) is 1. The molecule has 2 aromatic rings. The molecule has 1 atom stereocenters. The first kappa shape index (κ1) is 19.0. The predicted molar refractivity (Wildman–Crippen MR) is 104 cm³/mol. The maximum Gasteiger partial charge on any atom is 0.237 e. The zero-order valence-corrected chi connectivity index (χ0v) is 15.8. The van der Waals surface area contributed by atoms with Gasteiger partial charge in [-0.3, -0.25) is 4.79 Å². The Hall–Kier alpha value is -1.36. The topological polar surface area (TPSA) is 38.3 Å². The van der Waals surface area contributed by atoms with Crippen LogP contribution in [0.2, 0.25) is 10.0 Å². The molecule has 24 heavy (non-hydrogen) atoms. The van der Waals surface area contributed by atoms with Crippen molar-refractivity contribution in [1.82, 2.24) is 0 Å². The number of anilines is 1. The van der Waals surface area contributed by atoms with Crippen molar-refractivity contribution in [3.63, 3.8) is 0 Å². The highest BCUT2D eigenvalue weighted by atomic mass is 35.5. The summed E-state index contributed by atoms with van der Waals surface area (Å²) in [6, 6.07) is 12.7. The highest BCUT2D eigenvalue weighted by Crippen LogP contribution is 2.22. The minimum Gasteiger partial charge on any atom is -0.493 e. The van der Waals surface area contributed by atoms with Crippen molar-refractivity contribution in [1.29, 1.82) is 0 Å². The van der Waals surface area contributed by atoms with Crippen LogP contribution in [0.4, 0.5) is 5.69 Å². The molecule has 0 radical (unpaired) electrons. The average molecular weight is 384 g/mol. The van der Waals surface area contributed by atoms with Crippen molar-refractivity contribution < 1.29 is 9.53 Å². The van der Waals surface area contributed by atoms with E-state index in [1.807, 2.05) is 32.0 Å². The number of rotatable bonds is 7. The summed E-state index contributed by atoms with van der Waals surface area (Å²) in [5.74, 6) is 1.44. The lowest BCUT2D eigenvalue weighted by Crippen LogP contribution is -2.23. The van der Waals surface area contributed by atoms with Gasteiger partial charge in [-0.05, 0) is 55.8 Å². The molecule has 0 unspecified atom stereocenters. The normalized spacial score (nSPS) is 11.8. The molecule has 0 spiro atoms. The number of hydrogen-bond donors (Lipinski definition) is 1. The summed E-state index contributed by atoms with van der Waals surface area (Å²) in [4.78, 5) is 12.2. The zero-order valence-electron chi connectivity index (χ0n) is 13.5. The van der Waals surface area contributed by atoms with Gasteiger partial charge in [0.25, 0.3) is 0 Å². The van der Waals surface area contributed by atoms with Gasteiger partial charge in [-0.25, -0.2) is 0 Å². The Balaban J connectivity index is 1.75. The van der Waals surface area contributed by atoms with Crippen LogP contribution in [-0.2, 0) is 4.79 Å². The quantitative estimate of drug-likeness (QED) is 0.646. The number of hydrogen-bond acceptors (Lipinski definition) is 3. The van der Waals surface area contributed by atoms with Crippen LogP contribution in [0.1, 0.15) is 12.5 Å². The number of benzene rings is 2. The molecule has 0 aromatic heterocycles. The van der Waals surface area contributed by atoms with Crippen molar-refractivity contribution >= 4 is 46.6 Å². The van der Waals surface area contributed by atoms with Crippen LogP contribution in [0.25, 0.3) is 0 Å². The Morgan fingerprint density at radius 2 is 1.83 bits per heavy atom. The predicted octanol–water partition coefficient (Wildman–Crippen LogP) is 5.44. The average Bonchev–Trinajstić information content (AvgIpc) is 2.56. The Kier molecular flexibility index (Phi) is 7.28. The number of carbonyl (C=O) groups excluding carboxylic acids is 1. The Labute approximate surface area is 156 Å². The van der Waals surface area contributed by atoms with Crippen LogP contribution in [-0.4, -0.2) is 23.5 Å². The van der Waals surface area contributed by atoms with Gasteiger partial charge in [0.05, 0.1) is 11.9 Å². The van der Waals surface area contributed by atoms with Gasteiger partial charge in [0.2, 0.25) is 5.91 Å². The number of thioether (sulfide) groups is 1. The van der Waals surface area contributed by atoms with Gasteiger partial charge in [0.15, 0.2) is 0 Å². The van der Waals surface area contributed by atoms with E-state index in [9.17, 15) is 4.79 Å². The van der Waals surface area contributed by atoms with E-state index in [4.69, 9.17) is 27.9 Å². The molecule has 1 amide bonds. The molecule has 0 aliphatic carbocycles. The molecule has 0 aliphatic heterocycles. The van der Waals surface area contributed by atoms with Crippen LogP contribution >= 0.6 is 35.0 Å². The van der Waals surface area contributed by atoms with Crippen molar-refractivity contribution in [2.75, 3.05) is 17.7 Å². The largest absolute Gasteiger partial charge is 0.493 e. The van der Waals surface area contributed by atoms with Gasteiger partial charge < -0.3 is 10.1 Å². The van der Waals surface area contributed by atoms with E-state index in [-0.39, 0.29) is 11.2 Å². The van der Waals surface area contributed by atoms with Gasteiger partial charge in [0.1, 0.15) is 5.75 Å². The third-order valence-electron chi connectivity index (χ3n) is 3.36. The molecule has 1 N–H and O–H groups in total. The lowest BCUT2D eigenvalue weighted by molar-refractivity contribution is -0.115. The van der Waals surface area contributed by atoms with Crippen LogP contribution in [0.5, 0.6) is 5.75 Å². The van der Waals surface area contributed by atoms with Crippen molar-refractivity contribution in [2.24, 2.45) is 0 Å². The van der Waals surface area contributed by atoms with Gasteiger partial charge in [-0.15, -0.1) is 11.8 Å². The lowest BCUT2D eigenvalue weighted by atomic mass is 10.2. The standard InChI is InChI=1S/C18H19Cl2NO2S/c1-12-3-4-15(20)11-17(12)21-18(22)13(2)24-10-9-23-16-7-5-14(19)6-8-16/h3-8,11,13H,9-10H2,1-2H3,(H,21,22)/t13-/m1/s1. The molecule has 128 valence electrons. The zero-order chi connectivity index (χ0) is 17.5. The van der Waals surface area contributed by atoms with Crippen LogP contribution in [0.15, 0.2) is 42.5 Å². The Morgan fingerprint density at radius 1 is 1.17 bits per heavy atom. The third-order valence-corrected chi connectivity index (χ3v) is 4.96. The number of carbonyl (C=O) groups is 1. The Bertz CT molecular complexity index is 692.